The Morgan fingerprint density at radius 2 is 1.67 bits per heavy atom. The van der Waals surface area contributed by atoms with E-state index in [9.17, 15) is 54.0 Å². The van der Waals surface area contributed by atoms with Crippen molar-refractivity contribution in [3.63, 3.8) is 0 Å². The van der Waals surface area contributed by atoms with Crippen molar-refractivity contribution in [3.8, 4) is 5.75 Å². The van der Waals surface area contributed by atoms with Gasteiger partial charge in [0.2, 0.25) is 17.7 Å². The number of nitrogens with one attached hydrogen (secondary N) is 4. The summed E-state index contributed by atoms with van der Waals surface area (Å²) < 4.78 is 18.2. The Morgan fingerprint density at radius 1 is 0.938 bits per heavy atom. The van der Waals surface area contributed by atoms with Crippen molar-refractivity contribution >= 4 is 41.4 Å². The van der Waals surface area contributed by atoms with Gasteiger partial charge in [0, 0.05) is 68.7 Å². The smallest absolute Gasteiger partial charge is 0.325 e. The van der Waals surface area contributed by atoms with Gasteiger partial charge >= 0.3 is 11.9 Å². The average molecular weight is 1130 g/mol. The minimum absolute atomic E-state index is 0.0303. The zero-order chi connectivity index (χ0) is 59.9. The predicted octanol–water partition coefficient (Wildman–Crippen LogP) is 5.63. The number of allylic oxidation sites excluding steroid dienone is 5. The highest BCUT2D eigenvalue weighted by Gasteiger charge is 2.57. The number of benzene rings is 1. The lowest BCUT2D eigenvalue weighted by atomic mass is 9.69. The third-order valence-corrected chi connectivity index (χ3v) is 17.1. The largest absolute Gasteiger partial charge is 0.456 e. The number of cyclic esters (lactones) is 1. The molecule has 17 atom stereocenters. The zero-order valence-corrected chi connectivity index (χ0v) is 49.5. The molecule has 19 heteroatoms. The number of piperidine rings is 1. The maximum absolute atomic E-state index is 14.7. The van der Waals surface area contributed by atoms with Crippen molar-refractivity contribution in [1.82, 2.24) is 26.4 Å². The molecule has 2 bridgehead atoms. The number of nitrogens with zero attached hydrogens (tertiary/aromatic N) is 1. The van der Waals surface area contributed by atoms with Crippen molar-refractivity contribution in [1.29, 1.82) is 0 Å². The first-order valence-electron chi connectivity index (χ1n) is 29.3. The molecule has 81 heavy (non-hydrogen) atoms. The molecule has 4 heterocycles. The Hall–Kier alpha value is -5.57. The molecule has 4 aliphatic heterocycles. The van der Waals surface area contributed by atoms with E-state index in [1.54, 1.807) is 63.3 Å². The molecule has 1 aromatic carbocycles. The van der Waals surface area contributed by atoms with Crippen molar-refractivity contribution < 1.29 is 68.2 Å². The highest BCUT2D eigenvalue weighted by Crippen LogP contribution is 2.46. The van der Waals surface area contributed by atoms with E-state index in [4.69, 9.17) is 14.2 Å². The van der Waals surface area contributed by atoms with E-state index in [0.29, 0.717) is 49.7 Å². The van der Waals surface area contributed by atoms with E-state index in [1.807, 2.05) is 52.8 Å². The van der Waals surface area contributed by atoms with E-state index in [1.165, 1.54) is 24.9 Å². The van der Waals surface area contributed by atoms with E-state index >= 15 is 0 Å². The summed E-state index contributed by atoms with van der Waals surface area (Å²) in [5.41, 5.74) is 3.26. The standard InChI is InChI=1S/C62H93N5O14/c1-12-45-31-38(6)62(65-57(45)74)42(10)55(72)41(9)53(81-62)34-51(71)36(4)21-15-13-16-22-37(5)52-27-18-14-17-26-50(70)40(8)56(73)47(29-28-39(7)68)58(75)64-54(35(2)3)59(76)63-49(33-44-23-19-24-46(32-44)79-43(11)69)60(77)67-30-20-25-48(66-67)61(78)80-52/h13-14,16-19,22-24,26,32,35-36,38,40-42,45,47-56,66,70-73H,12,15,20-21,25,27-31,33-34H2,1-11H3,(H,63,76)(H,64,75)(H,65,74)/t36-,38-,40-,41-,42-,45-,47+,48-,49-,50+,51-,52-,53-,54-,55-,56+,62+/m0/s1. The number of rotatable bonds is 16. The molecule has 4 amide bonds. The van der Waals surface area contributed by atoms with E-state index in [2.05, 4.69) is 28.3 Å². The Labute approximate surface area is 479 Å². The van der Waals surface area contributed by atoms with Crippen LogP contribution in [0.25, 0.3) is 0 Å². The number of amides is 4. The molecule has 0 saturated carbocycles. The SMILES string of the molecule is CC[C@H]1C[C@H](C)[C@@]2(NC1=O)O[C@@H](C[C@H](O)[C@@H](C)CCC=CC=C(C)[C@@H]1CC=CC=C[C@@H](O)[C@H](C)[C@@H](O)[C@@H](CCC(C)=O)C(=O)N[C@@H](C(C)C)C(=O)N[C@@H](Cc3cccc(OC(C)=O)c3)C(=O)N3CCC[C@H](N3)C(=O)O1)[C@H](C)[C@H](O)[C@@H]2C. The van der Waals surface area contributed by atoms with E-state index in [-0.39, 0.29) is 79.3 Å². The van der Waals surface area contributed by atoms with Crippen molar-refractivity contribution in [3.05, 3.63) is 77.9 Å². The zero-order valence-electron chi connectivity index (χ0n) is 49.5. The second-order valence-corrected chi connectivity index (χ2v) is 23.7. The molecule has 0 unspecified atom stereocenters. The van der Waals surface area contributed by atoms with Crippen LogP contribution in [0.4, 0.5) is 0 Å². The van der Waals surface area contributed by atoms with Crippen molar-refractivity contribution in [2.75, 3.05) is 6.54 Å². The van der Waals surface area contributed by atoms with Gasteiger partial charge in [0.15, 0.2) is 0 Å². The van der Waals surface area contributed by atoms with Crippen LogP contribution in [-0.2, 0) is 49.5 Å². The topological polar surface area (TPSA) is 279 Å². The van der Waals surface area contributed by atoms with Crippen LogP contribution < -0.4 is 26.1 Å². The molecule has 1 spiro atoms. The van der Waals surface area contributed by atoms with Gasteiger partial charge in [-0.3, -0.25) is 33.8 Å². The lowest BCUT2D eigenvalue weighted by Crippen LogP contribution is -2.71. The Morgan fingerprint density at radius 3 is 2.35 bits per heavy atom. The molecule has 450 valence electrons. The van der Waals surface area contributed by atoms with Crippen molar-refractivity contribution in [2.45, 2.75) is 207 Å². The number of hydrogen-bond donors (Lipinski definition) is 8. The first kappa shape index (κ1) is 66.2. The summed E-state index contributed by atoms with van der Waals surface area (Å²) in [5.74, 6) is -6.76. The number of hydrazine groups is 1. The summed E-state index contributed by atoms with van der Waals surface area (Å²) >= 11 is 0. The minimum Gasteiger partial charge on any atom is -0.456 e. The number of aliphatic hydroxyl groups excluding tert-OH is 4. The van der Waals surface area contributed by atoms with Gasteiger partial charge in [-0.05, 0) is 93.9 Å². The molecule has 19 nitrogen and oxygen atoms in total. The van der Waals surface area contributed by atoms with Crippen LogP contribution in [0.15, 0.2) is 72.4 Å². The number of ketones is 1. The molecule has 0 aliphatic carbocycles. The molecule has 3 fully saturated rings. The summed E-state index contributed by atoms with van der Waals surface area (Å²) in [6.45, 7) is 19.5. The second kappa shape index (κ2) is 30.6. The molecule has 4 aliphatic rings. The fourth-order valence-corrected chi connectivity index (χ4v) is 11.6. The number of fused-ring (bicyclic) bond motifs is 2. The molecular formula is C62H93N5O14. The Kier molecular flexibility index (Phi) is 25.1. The highest BCUT2D eigenvalue weighted by molar-refractivity contribution is 5.93. The third-order valence-electron chi connectivity index (χ3n) is 17.1. The fraction of sp³-hybridized carbons (Fsp3) is 0.661. The quantitative estimate of drug-likeness (QED) is 0.0566. The van der Waals surface area contributed by atoms with Crippen LogP contribution in [0.5, 0.6) is 5.75 Å². The number of Topliss-reactive ketones (excluding diaryl/α,β-unsaturated/α-hetero) is 1. The van der Waals surface area contributed by atoms with Gasteiger partial charge < -0.3 is 55.4 Å². The van der Waals surface area contributed by atoms with Gasteiger partial charge in [0.05, 0.1) is 36.4 Å². The molecule has 0 radical (unpaired) electrons. The average Bonchev–Trinajstić information content (AvgIpc) is 3.47. The van der Waals surface area contributed by atoms with Crippen LogP contribution in [-0.4, -0.2) is 134 Å². The number of esters is 2. The number of hydrogen-bond acceptors (Lipinski definition) is 15. The first-order valence-corrected chi connectivity index (χ1v) is 29.3. The number of ether oxygens (including phenoxy) is 3. The van der Waals surface area contributed by atoms with Crippen LogP contribution in [0.1, 0.15) is 146 Å². The van der Waals surface area contributed by atoms with Crippen molar-refractivity contribution in [2.24, 2.45) is 47.3 Å². The van der Waals surface area contributed by atoms with Gasteiger partial charge in [0.25, 0.3) is 5.91 Å². The summed E-state index contributed by atoms with van der Waals surface area (Å²) in [6.07, 6.45) is 10.4. The Bertz CT molecular complexity index is 2460. The fourth-order valence-electron chi connectivity index (χ4n) is 11.6. The molecule has 8 N–H and O–H groups in total. The normalized spacial score (nSPS) is 33.2. The third kappa shape index (κ3) is 18.0. The van der Waals surface area contributed by atoms with Crippen LogP contribution in [0.2, 0.25) is 0 Å². The molecular weight excluding hydrogens is 1040 g/mol. The van der Waals surface area contributed by atoms with Crippen LogP contribution in [0.3, 0.4) is 0 Å². The monoisotopic (exact) mass is 1130 g/mol. The van der Waals surface area contributed by atoms with Gasteiger partial charge in [-0.2, -0.15) is 0 Å². The summed E-state index contributed by atoms with van der Waals surface area (Å²) in [5, 5.41) is 55.9. The number of carbonyl (C=O) groups excluding carboxylic acids is 7. The first-order chi connectivity index (χ1) is 38.3. The van der Waals surface area contributed by atoms with Gasteiger partial charge in [-0.15, -0.1) is 0 Å². The van der Waals surface area contributed by atoms with Crippen LogP contribution in [0, 0.1) is 47.3 Å². The summed E-state index contributed by atoms with van der Waals surface area (Å²) in [4.78, 5) is 94.5. The number of carbonyl (C=O) groups is 7. The molecule has 1 aromatic rings. The lowest BCUT2D eigenvalue weighted by molar-refractivity contribution is -0.267. The van der Waals surface area contributed by atoms with Crippen LogP contribution >= 0.6 is 0 Å². The summed E-state index contributed by atoms with van der Waals surface area (Å²) in [7, 11) is 0. The number of aliphatic hydroxyl groups is 4. The van der Waals surface area contributed by atoms with E-state index < -0.39 is 108 Å². The minimum atomic E-state index is -1.45. The maximum atomic E-state index is 14.7. The highest BCUT2D eigenvalue weighted by atomic mass is 16.5. The second-order valence-electron chi connectivity index (χ2n) is 23.7. The molecule has 3 saturated heterocycles. The van der Waals surface area contributed by atoms with Gasteiger partial charge in [-0.1, -0.05) is 110 Å². The maximum Gasteiger partial charge on any atom is 0.325 e. The van der Waals surface area contributed by atoms with Gasteiger partial charge in [-0.25, -0.2) is 5.43 Å². The van der Waals surface area contributed by atoms with Gasteiger partial charge in [0.1, 0.15) is 41.5 Å². The van der Waals surface area contributed by atoms with E-state index in [0.717, 1.165) is 6.42 Å². The predicted molar refractivity (Wildman–Crippen MR) is 305 cm³/mol. The summed E-state index contributed by atoms with van der Waals surface area (Å²) in [6, 6.07) is 3.05. The molecule has 5 rings (SSSR count). The lowest BCUT2D eigenvalue weighted by Gasteiger charge is -2.56. The Balaban J connectivity index is 1.37. The molecule has 0 aromatic heterocycles.